The Morgan fingerprint density at radius 3 is 0.529 bits per heavy atom. The van der Waals surface area contributed by atoms with E-state index in [1.165, 1.54) is 0 Å². The van der Waals surface area contributed by atoms with Crippen LogP contribution in [0.25, 0.3) is 0 Å². The molecule has 0 rings (SSSR count). The number of rotatable bonds is 0. The maximum absolute atomic E-state index is 8.74. The Balaban J connectivity index is -0.00000000103. The zero-order chi connectivity index (χ0) is 4.50. The second kappa shape index (κ2) is 94.6. The summed E-state index contributed by atoms with van der Waals surface area (Å²) >= 11 is 0. The van der Waals surface area contributed by atoms with Gasteiger partial charge in [0.2, 0.25) is 0 Å². The zero-order valence-electron chi connectivity index (χ0n) is 9.62. The van der Waals surface area contributed by atoms with Gasteiger partial charge in [0.05, 0.1) is 0 Å². The summed E-state index contributed by atoms with van der Waals surface area (Å²) in [4.78, 5) is 0. The van der Waals surface area contributed by atoms with Gasteiger partial charge in [0.25, 0.3) is 0 Å². The summed E-state index contributed by atoms with van der Waals surface area (Å²) in [5.41, 5.74) is 0. The molecule has 0 aromatic heterocycles. The molecule has 0 saturated heterocycles. The quantitative estimate of drug-likeness (QED) is 0.323. The second-order valence-electron chi connectivity index (χ2n) is 0.448. The normalized spacial score (nSPS) is 3.41. The molecule has 0 aliphatic heterocycles. The van der Waals surface area contributed by atoms with Gasteiger partial charge in [0.1, 0.15) is 0 Å². The van der Waals surface area contributed by atoms with Crippen molar-refractivity contribution < 1.29 is 109 Å². The minimum atomic E-state index is -4.67. The Morgan fingerprint density at radius 2 is 0.529 bits per heavy atom. The fourth-order valence-electron chi connectivity index (χ4n) is 0. The number of hydrogen-bond donors (Lipinski definition) is 2. The smallest absolute Gasteiger partial charge is 1.00 e. The fraction of sp³-hybridized carbons (Fsp3) is 0. The van der Waals surface area contributed by atoms with E-state index < -0.39 is 10.4 Å². The molecule has 24 N–H and O–H groups in total. The van der Waals surface area contributed by atoms with Gasteiger partial charge in [0.15, 0.2) is 0 Å². The molecule has 0 radical (unpaired) electrons. The molecule has 0 aromatic rings. The second-order valence-corrected chi connectivity index (χ2v) is 1.34. The van der Waals surface area contributed by atoms with Crippen LogP contribution in [0.1, 0.15) is 1.43 Å². The van der Waals surface area contributed by atoms with Crippen molar-refractivity contribution in [3.8, 4) is 0 Å². The molecular formula is H25NaO15S. The minimum Gasteiger partial charge on any atom is -1.00 e. The fourth-order valence-corrected chi connectivity index (χ4v) is 0. The van der Waals surface area contributed by atoms with Crippen LogP contribution in [-0.2, 0) is 10.4 Å². The van der Waals surface area contributed by atoms with Crippen molar-refractivity contribution >= 4 is 10.4 Å². The summed E-state index contributed by atoms with van der Waals surface area (Å²) in [5, 5.41) is 0. The van der Waals surface area contributed by atoms with Crippen LogP contribution in [0.4, 0.5) is 0 Å². The van der Waals surface area contributed by atoms with Crippen LogP contribution in [-0.4, -0.2) is 77.8 Å². The maximum Gasteiger partial charge on any atom is 1.00 e. The van der Waals surface area contributed by atoms with E-state index >= 15 is 0 Å². The molecule has 17 heteroatoms. The van der Waals surface area contributed by atoms with E-state index in [0.29, 0.717) is 0 Å². The summed E-state index contributed by atoms with van der Waals surface area (Å²) in [6.45, 7) is 0. The van der Waals surface area contributed by atoms with Gasteiger partial charge in [-0.2, -0.15) is 8.42 Å². The van der Waals surface area contributed by atoms with Gasteiger partial charge in [-0.05, 0) is 0 Å². The van der Waals surface area contributed by atoms with Crippen molar-refractivity contribution in [3.05, 3.63) is 0 Å². The molecule has 0 unspecified atom stereocenters. The molecule has 0 aliphatic rings. The first-order chi connectivity index (χ1) is 2.00. The first kappa shape index (κ1) is 240. The molecule has 0 saturated carbocycles. The SMILES string of the molecule is O.O.O.O.O.O.O.O.O.O.O.O=S(=O)(O)O.[H-].[Na+]. The molecule has 15 nitrogen and oxygen atoms in total. The van der Waals surface area contributed by atoms with Gasteiger partial charge < -0.3 is 61.7 Å². The topological polar surface area (TPSA) is 421 Å². The van der Waals surface area contributed by atoms with E-state index in [1.807, 2.05) is 0 Å². The monoisotopic (exact) mass is 320 g/mol. The minimum absolute atomic E-state index is 0. The average molecular weight is 320 g/mol. The third-order valence-corrected chi connectivity index (χ3v) is 0. The summed E-state index contributed by atoms with van der Waals surface area (Å²) in [6.07, 6.45) is 0. The predicted octanol–water partition coefficient (Wildman–Crippen LogP) is -12.6. The molecule has 0 bridgehead atoms. The van der Waals surface area contributed by atoms with Crippen molar-refractivity contribution in [1.82, 2.24) is 0 Å². The average Bonchev–Trinajstić information content (AvgIpc) is 0.722. The van der Waals surface area contributed by atoms with E-state index in [0.717, 1.165) is 0 Å². The van der Waals surface area contributed by atoms with E-state index in [1.54, 1.807) is 0 Å². The summed E-state index contributed by atoms with van der Waals surface area (Å²) in [6, 6.07) is 0. The zero-order valence-corrected chi connectivity index (χ0v) is 11.4. The summed E-state index contributed by atoms with van der Waals surface area (Å²) in [7, 11) is -4.67. The Morgan fingerprint density at radius 1 is 0.529 bits per heavy atom. The molecule has 122 valence electrons. The van der Waals surface area contributed by atoms with Crippen LogP contribution in [0, 0.1) is 0 Å². The van der Waals surface area contributed by atoms with Crippen molar-refractivity contribution in [2.24, 2.45) is 0 Å². The Bertz CT molecular complexity index is 99.7. The Kier molecular flexibility index (Phi) is 1330. The Labute approximate surface area is 119 Å². The van der Waals surface area contributed by atoms with Crippen LogP contribution in [0.2, 0.25) is 0 Å². The Hall–Kier alpha value is 0.430. The van der Waals surface area contributed by atoms with Crippen LogP contribution < -0.4 is 29.6 Å². The third-order valence-electron chi connectivity index (χ3n) is 0. The van der Waals surface area contributed by atoms with E-state index in [-0.39, 0.29) is 91.2 Å². The third kappa shape index (κ3) is 18500. The predicted molar refractivity (Wildman–Crippen MR) is 55.0 cm³/mol. The van der Waals surface area contributed by atoms with E-state index in [4.69, 9.17) is 17.5 Å². The van der Waals surface area contributed by atoms with Crippen molar-refractivity contribution in [1.29, 1.82) is 0 Å². The van der Waals surface area contributed by atoms with Crippen molar-refractivity contribution in [3.63, 3.8) is 0 Å². The summed E-state index contributed by atoms with van der Waals surface area (Å²) < 4.78 is 31.6. The van der Waals surface area contributed by atoms with E-state index in [9.17, 15) is 0 Å². The van der Waals surface area contributed by atoms with Gasteiger partial charge in [0, 0.05) is 0 Å². The van der Waals surface area contributed by atoms with Gasteiger partial charge in [-0.25, -0.2) is 0 Å². The molecular weight excluding hydrogens is 295 g/mol. The van der Waals surface area contributed by atoms with Gasteiger partial charge >= 0.3 is 40.0 Å². The molecule has 0 aromatic carbocycles. The molecule has 0 heterocycles. The molecule has 17 heavy (non-hydrogen) atoms. The first-order valence-corrected chi connectivity index (χ1v) is 2.10. The molecule has 0 amide bonds. The van der Waals surface area contributed by atoms with Gasteiger partial charge in [-0.15, -0.1) is 0 Å². The van der Waals surface area contributed by atoms with E-state index in [2.05, 4.69) is 0 Å². The van der Waals surface area contributed by atoms with Crippen molar-refractivity contribution in [2.75, 3.05) is 0 Å². The van der Waals surface area contributed by atoms with Crippen LogP contribution in [0.15, 0.2) is 0 Å². The van der Waals surface area contributed by atoms with Gasteiger partial charge in [-0.3, -0.25) is 9.11 Å². The molecule has 0 atom stereocenters. The molecule has 0 fully saturated rings. The standard InChI is InChI=1S/Na.H2O4S.11H2O.H/c;1-5(2,3)4;;;;;;;;;;;;/h;(H2,1,2,3,4);11*1H2;/q+1;;;;;;;;;;;;;-1. The molecule has 0 aliphatic carbocycles. The van der Waals surface area contributed by atoms with Crippen molar-refractivity contribution in [2.45, 2.75) is 0 Å². The first-order valence-electron chi connectivity index (χ1n) is 0.698. The van der Waals surface area contributed by atoms with Crippen LogP contribution >= 0.6 is 0 Å². The summed E-state index contributed by atoms with van der Waals surface area (Å²) in [5.74, 6) is 0. The maximum atomic E-state index is 8.74. The van der Waals surface area contributed by atoms with Gasteiger partial charge in [-0.1, -0.05) is 0 Å². The van der Waals surface area contributed by atoms with Crippen LogP contribution in [0.3, 0.4) is 0 Å². The van der Waals surface area contributed by atoms with Crippen LogP contribution in [0.5, 0.6) is 0 Å². The number of hydrogen-bond acceptors (Lipinski definition) is 2. The molecule has 0 spiro atoms. The largest absolute Gasteiger partial charge is 1.00 e.